The molecule has 0 fully saturated rings. The van der Waals surface area contributed by atoms with Gasteiger partial charge in [-0.25, -0.2) is 0 Å². The third-order valence-electron chi connectivity index (χ3n) is 10.6. The van der Waals surface area contributed by atoms with Gasteiger partial charge in [0.05, 0.1) is 5.69 Å². The molecule has 275 valence electrons. The number of rotatable bonds is 11. The van der Waals surface area contributed by atoms with E-state index >= 15 is 0 Å². The minimum Gasteiger partial charge on any atom is -0.512 e. The van der Waals surface area contributed by atoms with Crippen LogP contribution in [0.1, 0.15) is 113 Å². The summed E-state index contributed by atoms with van der Waals surface area (Å²) in [6, 6.07) is 22.5. The summed E-state index contributed by atoms with van der Waals surface area (Å²) in [5.74, 6) is 1.85. The third-order valence-corrected chi connectivity index (χ3v) is 10.6. The van der Waals surface area contributed by atoms with Crippen molar-refractivity contribution in [1.29, 1.82) is 0 Å². The molecule has 0 bridgehead atoms. The van der Waals surface area contributed by atoms with E-state index in [0.717, 1.165) is 76.7 Å². The van der Waals surface area contributed by atoms with Gasteiger partial charge in [0.1, 0.15) is 17.1 Å². The summed E-state index contributed by atoms with van der Waals surface area (Å²) < 4.78 is 6.10. The third kappa shape index (κ3) is 9.84. The number of fused-ring (bicyclic) bond motifs is 2. The number of carbonyl (C=O) groups excluding carboxylic acids is 1. The van der Waals surface area contributed by atoms with Crippen LogP contribution in [0.25, 0.3) is 44.3 Å². The number of aliphatic hydroxyl groups is 1. The summed E-state index contributed by atoms with van der Waals surface area (Å²) in [6.07, 6.45) is 9.43. The molecule has 0 aliphatic heterocycles. The van der Waals surface area contributed by atoms with Crippen LogP contribution < -0.4 is 0 Å². The van der Waals surface area contributed by atoms with E-state index in [4.69, 9.17) is 9.40 Å². The smallest absolute Gasteiger partial charge is 0.164 e. The van der Waals surface area contributed by atoms with Crippen molar-refractivity contribution < 1.29 is 34.4 Å². The number of ketones is 1. The predicted octanol–water partition coefficient (Wildman–Crippen LogP) is 12.7. The number of benzene rings is 2. The fourth-order valence-corrected chi connectivity index (χ4v) is 6.06. The molecule has 0 spiro atoms. The quantitative estimate of drug-likeness (QED) is 0.0813. The first-order valence-electron chi connectivity index (χ1n) is 18.3. The Morgan fingerprint density at radius 2 is 1.51 bits per heavy atom. The Kier molecular flexibility index (Phi) is 14.2. The van der Waals surface area contributed by atoms with Gasteiger partial charge in [-0.3, -0.25) is 14.8 Å². The molecule has 5 rings (SSSR count). The Morgan fingerprint density at radius 1 is 0.863 bits per heavy atom. The Bertz CT molecular complexity index is 1960. The second kappa shape index (κ2) is 17.3. The average Bonchev–Trinajstić information content (AvgIpc) is 3.51. The number of hydrogen-bond donors (Lipinski definition) is 1. The summed E-state index contributed by atoms with van der Waals surface area (Å²) in [5, 5.41) is 13.5. The van der Waals surface area contributed by atoms with Crippen LogP contribution in [-0.2, 0) is 36.7 Å². The van der Waals surface area contributed by atoms with Gasteiger partial charge in [-0.05, 0) is 54.7 Å². The topological polar surface area (TPSA) is 76.2 Å². The Labute approximate surface area is 319 Å². The molecule has 0 aliphatic carbocycles. The minimum absolute atomic E-state index is 0. The number of furan rings is 1. The summed E-state index contributed by atoms with van der Waals surface area (Å²) in [5.41, 5.74) is 5.38. The van der Waals surface area contributed by atoms with Crippen LogP contribution in [-0.4, -0.2) is 20.9 Å². The molecule has 3 aromatic heterocycles. The Morgan fingerprint density at radius 3 is 2.12 bits per heavy atom. The maximum absolute atomic E-state index is 12.2. The van der Waals surface area contributed by atoms with Crippen LogP contribution in [0.2, 0.25) is 0 Å². The van der Waals surface area contributed by atoms with Crippen LogP contribution in [0.3, 0.4) is 0 Å². The standard InChI is InChI=1S/C30H29N2O.C15H28O2.Ir/c1-19(2)12-24-14-23-18-32-28(17-29(23)33-24)21-10-11-31-27(16-21)22-13-20-8-6-7-9-25(20)26(15-22)30(3,4)5;1-7-14(5,8-2)12(16)11-13(17)15(6,9-3)10-4;/h6-11,14-19H,12H2,1-5H3;11,16H,7-10H2,1-6H3;/q-1;;/b;12-11-;. The molecule has 0 unspecified atom stereocenters. The van der Waals surface area contributed by atoms with E-state index < -0.39 is 0 Å². The summed E-state index contributed by atoms with van der Waals surface area (Å²) in [4.78, 5) is 21.6. The Hall–Kier alpha value is -3.60. The molecule has 0 aliphatic rings. The van der Waals surface area contributed by atoms with Gasteiger partial charge in [0.2, 0.25) is 0 Å². The van der Waals surface area contributed by atoms with Gasteiger partial charge >= 0.3 is 0 Å². The number of aliphatic hydroxyl groups excluding tert-OH is 1. The van der Waals surface area contributed by atoms with E-state index in [1.165, 1.54) is 17.0 Å². The molecular formula is C45H57IrN2O3-. The van der Waals surface area contributed by atoms with Gasteiger partial charge in [-0.1, -0.05) is 111 Å². The molecule has 1 N–H and O–H groups in total. The van der Waals surface area contributed by atoms with Gasteiger partial charge in [0.15, 0.2) is 5.78 Å². The van der Waals surface area contributed by atoms with E-state index in [1.54, 1.807) is 0 Å². The van der Waals surface area contributed by atoms with Crippen molar-refractivity contribution in [3.8, 4) is 22.5 Å². The Balaban J connectivity index is 0.000000335. The second-order valence-electron chi connectivity index (χ2n) is 15.7. The molecule has 0 saturated heterocycles. The molecule has 1 radical (unpaired) electrons. The number of pyridine rings is 2. The van der Waals surface area contributed by atoms with Crippen LogP contribution in [0, 0.1) is 22.8 Å². The molecular weight excluding hydrogens is 809 g/mol. The fraction of sp³-hybridized carbons (Fsp3) is 0.444. The van der Waals surface area contributed by atoms with Crippen LogP contribution in [0.4, 0.5) is 0 Å². The largest absolute Gasteiger partial charge is 0.512 e. The fourth-order valence-electron chi connectivity index (χ4n) is 6.06. The molecule has 2 aromatic carbocycles. The molecule has 0 atom stereocenters. The van der Waals surface area contributed by atoms with Crippen molar-refractivity contribution in [2.75, 3.05) is 0 Å². The van der Waals surface area contributed by atoms with Crippen LogP contribution in [0.5, 0.6) is 0 Å². The predicted molar refractivity (Wildman–Crippen MR) is 209 cm³/mol. The van der Waals surface area contributed by atoms with Crippen molar-refractivity contribution >= 4 is 27.5 Å². The van der Waals surface area contributed by atoms with Gasteiger partial charge < -0.3 is 9.52 Å². The molecule has 51 heavy (non-hydrogen) atoms. The molecule has 0 saturated carbocycles. The zero-order valence-corrected chi connectivity index (χ0v) is 34.9. The first-order chi connectivity index (χ1) is 23.6. The van der Waals surface area contributed by atoms with E-state index in [9.17, 15) is 9.90 Å². The van der Waals surface area contributed by atoms with E-state index in [1.807, 2.05) is 66.1 Å². The van der Waals surface area contributed by atoms with Gasteiger partial charge in [-0.15, -0.1) is 29.1 Å². The second-order valence-corrected chi connectivity index (χ2v) is 15.7. The number of nitrogens with zero attached hydrogens (tertiary/aromatic N) is 2. The zero-order valence-electron chi connectivity index (χ0n) is 32.5. The first kappa shape index (κ1) is 41.8. The number of carbonyl (C=O) groups is 1. The summed E-state index contributed by atoms with van der Waals surface area (Å²) in [6.45, 7) is 23.2. The average molecular weight is 866 g/mol. The number of hydrogen-bond acceptors (Lipinski definition) is 5. The minimum atomic E-state index is -0.337. The number of allylic oxidation sites excluding steroid dienone is 2. The molecule has 0 amide bonds. The van der Waals surface area contributed by atoms with Crippen LogP contribution in [0.15, 0.2) is 83.2 Å². The molecule has 5 nitrogen and oxygen atoms in total. The normalized spacial score (nSPS) is 12.5. The van der Waals surface area contributed by atoms with Crippen molar-refractivity contribution in [1.82, 2.24) is 9.97 Å². The maximum atomic E-state index is 12.2. The van der Waals surface area contributed by atoms with Crippen molar-refractivity contribution in [2.45, 2.75) is 114 Å². The zero-order chi connectivity index (χ0) is 36.9. The maximum Gasteiger partial charge on any atom is 0.164 e. The van der Waals surface area contributed by atoms with Crippen molar-refractivity contribution in [2.24, 2.45) is 16.7 Å². The molecule has 3 heterocycles. The summed E-state index contributed by atoms with van der Waals surface area (Å²) >= 11 is 0. The summed E-state index contributed by atoms with van der Waals surface area (Å²) in [7, 11) is 0. The van der Waals surface area contributed by atoms with E-state index in [2.05, 4.69) is 88.1 Å². The molecule has 5 aromatic rings. The van der Waals surface area contributed by atoms with Gasteiger partial charge in [0, 0.05) is 73.0 Å². The van der Waals surface area contributed by atoms with Crippen molar-refractivity contribution in [3.05, 3.63) is 96.2 Å². The monoisotopic (exact) mass is 866 g/mol. The SMILES string of the molecule is CC(C)Cc1cc2cnc(-c3ccnc(-c4[c-]c5ccccc5c(C(C)(C)C)c4)c3)cc2o1.CCC(C)(CC)C(=O)/C=C(\O)C(C)(CC)CC.[Ir]. The van der Waals surface area contributed by atoms with Gasteiger partial charge in [0.25, 0.3) is 0 Å². The number of aromatic nitrogens is 2. The first-order valence-corrected chi connectivity index (χ1v) is 18.3. The van der Waals surface area contributed by atoms with Crippen molar-refractivity contribution in [3.63, 3.8) is 0 Å². The van der Waals surface area contributed by atoms with Crippen LogP contribution >= 0.6 is 0 Å². The van der Waals surface area contributed by atoms with Gasteiger partial charge in [-0.2, -0.15) is 0 Å². The van der Waals surface area contributed by atoms with E-state index in [0.29, 0.717) is 5.92 Å². The molecule has 6 heteroatoms. The van der Waals surface area contributed by atoms with E-state index in [-0.39, 0.29) is 47.9 Å².